The number of phenols is 1. The average Bonchev–Trinajstić information content (AvgIpc) is 2.32. The SMILES string of the molecule is CCC(C)(CCO)NCc1cc(C)c(C)cc1O. The van der Waals surface area contributed by atoms with Crippen molar-refractivity contribution in [2.24, 2.45) is 0 Å². The highest BCUT2D eigenvalue weighted by atomic mass is 16.3. The molecule has 0 bridgehead atoms. The Morgan fingerprint density at radius 1 is 1.22 bits per heavy atom. The number of rotatable bonds is 6. The minimum atomic E-state index is -0.0834. The molecule has 1 rings (SSSR count). The maximum absolute atomic E-state index is 9.93. The van der Waals surface area contributed by atoms with Crippen molar-refractivity contribution in [3.63, 3.8) is 0 Å². The zero-order valence-electron chi connectivity index (χ0n) is 11.9. The Balaban J connectivity index is 2.76. The molecule has 0 saturated carbocycles. The fraction of sp³-hybridized carbons (Fsp3) is 0.600. The van der Waals surface area contributed by atoms with Crippen LogP contribution < -0.4 is 5.32 Å². The zero-order valence-corrected chi connectivity index (χ0v) is 11.9. The molecule has 0 aliphatic carbocycles. The Kier molecular flexibility index (Phi) is 5.17. The number of benzene rings is 1. The van der Waals surface area contributed by atoms with Gasteiger partial charge in [0.15, 0.2) is 0 Å². The molecule has 0 fully saturated rings. The molecular weight excluding hydrogens is 226 g/mol. The van der Waals surface area contributed by atoms with Crippen molar-refractivity contribution in [2.75, 3.05) is 6.61 Å². The first-order valence-electron chi connectivity index (χ1n) is 6.57. The van der Waals surface area contributed by atoms with Gasteiger partial charge in [0.1, 0.15) is 5.75 Å². The summed E-state index contributed by atoms with van der Waals surface area (Å²) in [6, 6.07) is 3.83. The molecular formula is C15H25NO2. The van der Waals surface area contributed by atoms with Crippen LogP contribution in [0.4, 0.5) is 0 Å². The van der Waals surface area contributed by atoms with Crippen molar-refractivity contribution in [3.8, 4) is 5.75 Å². The maximum Gasteiger partial charge on any atom is 0.120 e. The molecule has 18 heavy (non-hydrogen) atoms. The number of phenolic OH excluding ortho intramolecular Hbond substituents is 1. The van der Waals surface area contributed by atoms with Crippen LogP contribution in [0.25, 0.3) is 0 Å². The second kappa shape index (κ2) is 6.21. The van der Waals surface area contributed by atoms with Crippen molar-refractivity contribution < 1.29 is 10.2 Å². The molecule has 1 unspecified atom stereocenters. The predicted molar refractivity (Wildman–Crippen MR) is 74.8 cm³/mol. The number of aryl methyl sites for hydroxylation is 2. The molecule has 3 nitrogen and oxygen atoms in total. The largest absolute Gasteiger partial charge is 0.508 e. The van der Waals surface area contributed by atoms with E-state index in [-0.39, 0.29) is 12.1 Å². The summed E-state index contributed by atoms with van der Waals surface area (Å²) in [6.07, 6.45) is 1.66. The highest BCUT2D eigenvalue weighted by molar-refractivity contribution is 5.40. The van der Waals surface area contributed by atoms with Crippen LogP contribution in [0.3, 0.4) is 0 Å². The number of hydrogen-bond donors (Lipinski definition) is 3. The van der Waals surface area contributed by atoms with E-state index >= 15 is 0 Å². The van der Waals surface area contributed by atoms with Gasteiger partial charge in [-0.05, 0) is 50.8 Å². The van der Waals surface area contributed by atoms with Crippen molar-refractivity contribution in [1.29, 1.82) is 0 Å². The molecule has 102 valence electrons. The van der Waals surface area contributed by atoms with Gasteiger partial charge in [0.2, 0.25) is 0 Å². The summed E-state index contributed by atoms with van der Waals surface area (Å²) in [5.41, 5.74) is 3.12. The normalized spacial score (nSPS) is 14.5. The number of aromatic hydroxyl groups is 1. The van der Waals surface area contributed by atoms with Crippen LogP contribution in [0.2, 0.25) is 0 Å². The lowest BCUT2D eigenvalue weighted by Crippen LogP contribution is -2.42. The Morgan fingerprint density at radius 3 is 2.39 bits per heavy atom. The third-order valence-corrected chi connectivity index (χ3v) is 3.84. The van der Waals surface area contributed by atoms with Crippen LogP contribution in [0.5, 0.6) is 5.75 Å². The summed E-state index contributed by atoms with van der Waals surface area (Å²) in [6.45, 7) is 9.04. The molecule has 0 radical (unpaired) electrons. The Morgan fingerprint density at radius 2 is 1.83 bits per heavy atom. The monoisotopic (exact) mass is 251 g/mol. The van der Waals surface area contributed by atoms with E-state index < -0.39 is 0 Å². The number of aliphatic hydroxyl groups is 1. The minimum Gasteiger partial charge on any atom is -0.508 e. The molecule has 0 spiro atoms. The molecule has 1 aromatic carbocycles. The highest BCUT2D eigenvalue weighted by Crippen LogP contribution is 2.23. The lowest BCUT2D eigenvalue weighted by Gasteiger charge is -2.29. The first kappa shape index (κ1) is 15.0. The smallest absolute Gasteiger partial charge is 0.120 e. The molecule has 0 aliphatic rings. The van der Waals surface area contributed by atoms with Gasteiger partial charge in [-0.2, -0.15) is 0 Å². The van der Waals surface area contributed by atoms with Crippen LogP contribution in [0.1, 0.15) is 43.4 Å². The summed E-state index contributed by atoms with van der Waals surface area (Å²) >= 11 is 0. The van der Waals surface area contributed by atoms with Gasteiger partial charge in [0, 0.05) is 24.3 Å². The highest BCUT2D eigenvalue weighted by Gasteiger charge is 2.20. The molecule has 0 amide bonds. The van der Waals surface area contributed by atoms with Gasteiger partial charge in [-0.25, -0.2) is 0 Å². The second-order valence-corrected chi connectivity index (χ2v) is 5.31. The van der Waals surface area contributed by atoms with Gasteiger partial charge >= 0.3 is 0 Å². The lowest BCUT2D eigenvalue weighted by molar-refractivity contribution is 0.214. The number of hydrogen-bond acceptors (Lipinski definition) is 3. The van der Waals surface area contributed by atoms with E-state index in [9.17, 15) is 5.11 Å². The van der Waals surface area contributed by atoms with E-state index in [4.69, 9.17) is 5.11 Å². The Labute approximate surface area is 110 Å². The third kappa shape index (κ3) is 3.72. The molecule has 0 heterocycles. The van der Waals surface area contributed by atoms with Crippen molar-refractivity contribution in [3.05, 3.63) is 28.8 Å². The van der Waals surface area contributed by atoms with Gasteiger partial charge in [0.05, 0.1) is 0 Å². The van der Waals surface area contributed by atoms with E-state index in [0.29, 0.717) is 12.3 Å². The van der Waals surface area contributed by atoms with E-state index in [1.54, 1.807) is 0 Å². The van der Waals surface area contributed by atoms with E-state index in [1.807, 2.05) is 26.0 Å². The van der Waals surface area contributed by atoms with E-state index in [1.165, 1.54) is 5.56 Å². The molecule has 3 heteroatoms. The summed E-state index contributed by atoms with van der Waals surface area (Å²) in [5, 5.41) is 22.4. The molecule has 1 aromatic rings. The minimum absolute atomic E-state index is 0.0834. The van der Waals surface area contributed by atoms with E-state index in [2.05, 4.69) is 19.2 Å². The molecule has 0 saturated heterocycles. The predicted octanol–water partition coefficient (Wildman–Crippen LogP) is 2.65. The first-order chi connectivity index (χ1) is 8.41. The molecule has 1 atom stereocenters. The lowest BCUT2D eigenvalue weighted by atomic mass is 9.94. The van der Waals surface area contributed by atoms with Gasteiger partial charge in [-0.1, -0.05) is 13.0 Å². The maximum atomic E-state index is 9.93. The molecule has 0 aliphatic heterocycles. The van der Waals surface area contributed by atoms with Gasteiger partial charge < -0.3 is 15.5 Å². The summed E-state index contributed by atoms with van der Waals surface area (Å²) in [5.74, 6) is 0.341. The van der Waals surface area contributed by atoms with Gasteiger partial charge in [0.25, 0.3) is 0 Å². The quantitative estimate of drug-likeness (QED) is 0.728. The van der Waals surface area contributed by atoms with Crippen LogP contribution >= 0.6 is 0 Å². The number of aliphatic hydroxyl groups excluding tert-OH is 1. The summed E-state index contributed by atoms with van der Waals surface area (Å²) < 4.78 is 0. The van der Waals surface area contributed by atoms with Crippen LogP contribution in [0, 0.1) is 13.8 Å². The average molecular weight is 251 g/mol. The van der Waals surface area contributed by atoms with Crippen molar-refractivity contribution in [2.45, 2.75) is 52.6 Å². The molecule has 0 aromatic heterocycles. The first-order valence-corrected chi connectivity index (χ1v) is 6.57. The van der Waals surface area contributed by atoms with E-state index in [0.717, 1.165) is 24.0 Å². The fourth-order valence-electron chi connectivity index (χ4n) is 1.95. The standard InChI is InChI=1S/C15H25NO2/c1-5-15(4,6-7-17)16-10-13-8-11(2)12(3)9-14(13)18/h8-9,16-18H,5-7,10H2,1-4H3. The van der Waals surface area contributed by atoms with Crippen molar-refractivity contribution in [1.82, 2.24) is 5.32 Å². The summed E-state index contributed by atoms with van der Waals surface area (Å²) in [4.78, 5) is 0. The Hall–Kier alpha value is -1.06. The Bertz CT molecular complexity index is 404. The van der Waals surface area contributed by atoms with Crippen LogP contribution in [-0.4, -0.2) is 22.4 Å². The summed E-state index contributed by atoms with van der Waals surface area (Å²) in [7, 11) is 0. The topological polar surface area (TPSA) is 52.5 Å². The van der Waals surface area contributed by atoms with Crippen LogP contribution in [0.15, 0.2) is 12.1 Å². The second-order valence-electron chi connectivity index (χ2n) is 5.31. The van der Waals surface area contributed by atoms with Crippen molar-refractivity contribution >= 4 is 0 Å². The molecule has 3 N–H and O–H groups in total. The number of nitrogens with one attached hydrogen (secondary N) is 1. The fourth-order valence-corrected chi connectivity index (χ4v) is 1.95. The van der Waals surface area contributed by atoms with Gasteiger partial charge in [-0.15, -0.1) is 0 Å². The third-order valence-electron chi connectivity index (χ3n) is 3.84. The zero-order chi connectivity index (χ0) is 13.8. The van der Waals surface area contributed by atoms with Crippen LogP contribution in [-0.2, 0) is 6.54 Å². The van der Waals surface area contributed by atoms with Gasteiger partial charge in [-0.3, -0.25) is 0 Å².